The van der Waals surface area contributed by atoms with E-state index in [0.717, 1.165) is 5.82 Å². The van der Waals surface area contributed by atoms with Gasteiger partial charge in [-0.15, -0.1) is 0 Å². The zero-order valence-corrected chi connectivity index (χ0v) is 10.9. The molecule has 0 aliphatic rings. The third-order valence-electron chi connectivity index (χ3n) is 2.41. The molecule has 3 N–H and O–H groups in total. The van der Waals surface area contributed by atoms with E-state index < -0.39 is 0 Å². The summed E-state index contributed by atoms with van der Waals surface area (Å²) in [6.45, 7) is 2.52. The van der Waals surface area contributed by atoms with Crippen LogP contribution in [-0.4, -0.2) is 15.0 Å². The maximum Gasteiger partial charge on any atom is 0.130 e. The monoisotopic (exact) mass is 258 g/mol. The highest BCUT2D eigenvalue weighted by Gasteiger charge is 2.03. The van der Waals surface area contributed by atoms with Gasteiger partial charge in [0.05, 0.1) is 0 Å². The first-order chi connectivity index (χ1) is 8.65. The minimum Gasteiger partial charge on any atom is -0.388 e. The van der Waals surface area contributed by atoms with Crippen molar-refractivity contribution in [1.82, 2.24) is 9.97 Å². The Morgan fingerprint density at radius 1 is 1.28 bits per heavy atom. The van der Waals surface area contributed by atoms with Gasteiger partial charge < -0.3 is 11.1 Å². The first-order valence-corrected chi connectivity index (χ1v) is 5.99. The molecule has 0 atom stereocenters. The lowest BCUT2D eigenvalue weighted by Gasteiger charge is -2.08. The highest BCUT2D eigenvalue weighted by Crippen LogP contribution is 2.09. The van der Waals surface area contributed by atoms with Crippen LogP contribution in [0, 0.1) is 6.92 Å². The van der Waals surface area contributed by atoms with Gasteiger partial charge in [-0.3, -0.25) is 0 Å². The Balaban J connectivity index is 2.12. The van der Waals surface area contributed by atoms with Crippen LogP contribution >= 0.6 is 12.2 Å². The zero-order valence-electron chi connectivity index (χ0n) is 10.1. The summed E-state index contributed by atoms with van der Waals surface area (Å²) < 4.78 is 0. The maximum atomic E-state index is 5.57. The predicted molar refractivity (Wildman–Crippen MR) is 76.4 cm³/mol. The minimum absolute atomic E-state index is 0.281. The van der Waals surface area contributed by atoms with Crippen LogP contribution in [0.2, 0.25) is 0 Å². The van der Waals surface area contributed by atoms with Crippen molar-refractivity contribution in [2.75, 3.05) is 5.32 Å². The lowest BCUT2D eigenvalue weighted by molar-refractivity contribution is 1.01. The molecule has 5 heteroatoms. The third kappa shape index (κ3) is 3.24. The first-order valence-electron chi connectivity index (χ1n) is 5.58. The summed E-state index contributed by atoms with van der Waals surface area (Å²) in [7, 11) is 0. The number of hydrogen-bond donors (Lipinski definition) is 2. The fourth-order valence-corrected chi connectivity index (χ4v) is 1.68. The quantitative estimate of drug-likeness (QED) is 0.822. The number of thiocarbonyl (C=S) groups is 1. The van der Waals surface area contributed by atoms with Crippen LogP contribution < -0.4 is 11.1 Å². The summed E-state index contributed by atoms with van der Waals surface area (Å²) in [5.41, 5.74) is 7.35. The maximum absolute atomic E-state index is 5.57. The molecule has 2 rings (SSSR count). The van der Waals surface area contributed by atoms with Gasteiger partial charge in [0.2, 0.25) is 0 Å². The Hall–Kier alpha value is -2.01. The Kier molecular flexibility index (Phi) is 3.84. The molecule has 0 spiro atoms. The predicted octanol–water partition coefficient (Wildman–Crippen LogP) is 2.03. The molecular formula is C13H14N4S. The summed E-state index contributed by atoms with van der Waals surface area (Å²) in [5, 5.41) is 3.23. The average molecular weight is 258 g/mol. The molecule has 0 aliphatic heterocycles. The van der Waals surface area contributed by atoms with Crippen LogP contribution in [0.4, 0.5) is 5.82 Å². The van der Waals surface area contributed by atoms with E-state index in [0.29, 0.717) is 18.1 Å². The molecule has 0 fully saturated rings. The molecule has 0 unspecified atom stereocenters. The molecule has 4 nitrogen and oxygen atoms in total. The average Bonchev–Trinajstić information content (AvgIpc) is 2.37. The number of nitrogens with two attached hydrogens (primary N) is 1. The van der Waals surface area contributed by atoms with Gasteiger partial charge in [0.15, 0.2) is 0 Å². The smallest absolute Gasteiger partial charge is 0.130 e. The van der Waals surface area contributed by atoms with E-state index in [-0.39, 0.29) is 4.99 Å². The number of anilines is 1. The van der Waals surface area contributed by atoms with Gasteiger partial charge in [-0.25, -0.2) is 9.97 Å². The zero-order chi connectivity index (χ0) is 13.0. The van der Waals surface area contributed by atoms with Crippen molar-refractivity contribution in [3.63, 3.8) is 0 Å². The van der Waals surface area contributed by atoms with Crippen LogP contribution in [0.25, 0.3) is 0 Å². The third-order valence-corrected chi connectivity index (χ3v) is 2.62. The number of rotatable bonds is 4. The van der Waals surface area contributed by atoms with E-state index in [4.69, 9.17) is 18.0 Å². The van der Waals surface area contributed by atoms with Crippen molar-refractivity contribution < 1.29 is 0 Å². The second-order valence-corrected chi connectivity index (χ2v) is 4.33. The highest BCUT2D eigenvalue weighted by atomic mass is 32.1. The van der Waals surface area contributed by atoms with E-state index >= 15 is 0 Å². The molecule has 18 heavy (non-hydrogen) atoms. The minimum atomic E-state index is 0.281. The number of aromatic nitrogens is 2. The van der Waals surface area contributed by atoms with Gasteiger partial charge in [-0.1, -0.05) is 42.5 Å². The SMILES string of the molecule is Cc1nc(NCc2ccccc2)cc(C(N)=S)n1. The number of aryl methyl sites for hydroxylation is 1. The number of nitrogens with zero attached hydrogens (tertiary/aromatic N) is 2. The van der Waals surface area contributed by atoms with Gasteiger partial charge in [0.25, 0.3) is 0 Å². The van der Waals surface area contributed by atoms with Crippen molar-refractivity contribution in [1.29, 1.82) is 0 Å². The lowest BCUT2D eigenvalue weighted by Crippen LogP contribution is -2.14. The van der Waals surface area contributed by atoms with E-state index in [1.54, 1.807) is 6.07 Å². The Morgan fingerprint density at radius 2 is 2.00 bits per heavy atom. The molecule has 0 bridgehead atoms. The van der Waals surface area contributed by atoms with E-state index in [1.807, 2.05) is 25.1 Å². The molecule has 0 saturated heterocycles. The van der Waals surface area contributed by atoms with E-state index in [2.05, 4.69) is 27.4 Å². The molecule has 0 aliphatic carbocycles. The number of hydrogen-bond acceptors (Lipinski definition) is 4. The van der Waals surface area contributed by atoms with E-state index in [1.165, 1.54) is 5.56 Å². The van der Waals surface area contributed by atoms with Crippen LogP contribution in [0.15, 0.2) is 36.4 Å². The van der Waals surface area contributed by atoms with Gasteiger partial charge in [0.1, 0.15) is 22.3 Å². The van der Waals surface area contributed by atoms with Crippen LogP contribution in [0.3, 0.4) is 0 Å². The van der Waals surface area contributed by atoms with Gasteiger partial charge in [-0.05, 0) is 12.5 Å². The highest BCUT2D eigenvalue weighted by molar-refractivity contribution is 7.80. The second kappa shape index (κ2) is 5.55. The van der Waals surface area contributed by atoms with Crippen molar-refractivity contribution in [3.05, 3.63) is 53.5 Å². The molecule has 1 aromatic heterocycles. The molecular weight excluding hydrogens is 244 g/mol. The summed E-state index contributed by atoms with van der Waals surface area (Å²) in [6, 6.07) is 11.9. The van der Waals surface area contributed by atoms with Gasteiger partial charge in [-0.2, -0.15) is 0 Å². The first kappa shape index (κ1) is 12.4. The molecule has 0 amide bonds. The summed E-state index contributed by atoms with van der Waals surface area (Å²) in [4.78, 5) is 8.75. The summed E-state index contributed by atoms with van der Waals surface area (Å²) in [5.74, 6) is 1.38. The van der Waals surface area contributed by atoms with Crippen LogP contribution in [-0.2, 0) is 6.54 Å². The molecule has 92 valence electrons. The standard InChI is InChI=1S/C13H14N4S/c1-9-16-11(13(14)18)7-12(17-9)15-8-10-5-3-2-4-6-10/h2-7H,8H2,1H3,(H2,14,18)(H,15,16,17). The second-order valence-electron chi connectivity index (χ2n) is 3.89. The number of nitrogens with one attached hydrogen (secondary N) is 1. The van der Waals surface area contributed by atoms with Crippen LogP contribution in [0.5, 0.6) is 0 Å². The Labute approximate surface area is 111 Å². The number of benzene rings is 1. The van der Waals surface area contributed by atoms with Crippen molar-refractivity contribution in [2.45, 2.75) is 13.5 Å². The normalized spacial score (nSPS) is 10.1. The lowest BCUT2D eigenvalue weighted by atomic mass is 10.2. The molecule has 0 saturated carbocycles. The van der Waals surface area contributed by atoms with Gasteiger partial charge in [0, 0.05) is 12.6 Å². The van der Waals surface area contributed by atoms with E-state index in [9.17, 15) is 0 Å². The van der Waals surface area contributed by atoms with Gasteiger partial charge >= 0.3 is 0 Å². The fourth-order valence-electron chi connectivity index (χ4n) is 1.57. The summed E-state index contributed by atoms with van der Waals surface area (Å²) in [6.07, 6.45) is 0. The molecule has 1 aromatic carbocycles. The Morgan fingerprint density at radius 3 is 2.67 bits per heavy atom. The largest absolute Gasteiger partial charge is 0.388 e. The van der Waals surface area contributed by atoms with Crippen LogP contribution in [0.1, 0.15) is 17.1 Å². The van der Waals surface area contributed by atoms with Crippen molar-refractivity contribution in [2.24, 2.45) is 5.73 Å². The van der Waals surface area contributed by atoms with Crippen molar-refractivity contribution in [3.8, 4) is 0 Å². The molecule has 0 radical (unpaired) electrons. The molecule has 1 heterocycles. The summed E-state index contributed by atoms with van der Waals surface area (Å²) >= 11 is 4.92. The topological polar surface area (TPSA) is 63.8 Å². The Bertz CT molecular complexity index is 554. The van der Waals surface area contributed by atoms with Crippen molar-refractivity contribution >= 4 is 23.0 Å². The fraction of sp³-hybridized carbons (Fsp3) is 0.154. The molecule has 2 aromatic rings.